The van der Waals surface area contributed by atoms with Gasteiger partial charge in [0, 0.05) is 29.4 Å². The maximum Gasteiger partial charge on any atom is 0.230 e. The van der Waals surface area contributed by atoms with Gasteiger partial charge in [-0.1, -0.05) is 19.9 Å². The maximum absolute atomic E-state index is 12.3. The van der Waals surface area contributed by atoms with Gasteiger partial charge in [-0.2, -0.15) is 0 Å². The van der Waals surface area contributed by atoms with E-state index >= 15 is 0 Å². The van der Waals surface area contributed by atoms with E-state index in [0.717, 1.165) is 10.7 Å². The van der Waals surface area contributed by atoms with Crippen LogP contribution in [0, 0.1) is 5.92 Å². The molecule has 144 valence electrons. The number of rotatable bonds is 7. The number of amides is 2. The van der Waals surface area contributed by atoms with Crippen LogP contribution in [-0.4, -0.2) is 21.8 Å². The van der Waals surface area contributed by atoms with Gasteiger partial charge in [0.1, 0.15) is 5.01 Å². The van der Waals surface area contributed by atoms with Gasteiger partial charge in [0.15, 0.2) is 0 Å². The highest BCUT2D eigenvalue weighted by Crippen LogP contribution is 2.22. The minimum atomic E-state index is -0.144. The lowest BCUT2D eigenvalue weighted by atomic mass is 10.1. The number of nitrogens with one attached hydrogen (secondary N) is 2. The zero-order valence-corrected chi connectivity index (χ0v) is 16.6. The van der Waals surface area contributed by atoms with Crippen molar-refractivity contribution < 1.29 is 9.59 Å². The molecular weight excluding hydrogens is 372 g/mol. The minimum Gasteiger partial charge on any atom is -0.326 e. The van der Waals surface area contributed by atoms with Gasteiger partial charge < -0.3 is 10.6 Å². The minimum absolute atomic E-state index is 0.0148. The van der Waals surface area contributed by atoms with E-state index in [0.29, 0.717) is 29.4 Å². The monoisotopic (exact) mass is 394 g/mol. The third kappa shape index (κ3) is 5.72. The van der Waals surface area contributed by atoms with E-state index in [4.69, 9.17) is 0 Å². The van der Waals surface area contributed by atoms with Crippen LogP contribution in [0.2, 0.25) is 0 Å². The molecule has 2 N–H and O–H groups in total. The summed E-state index contributed by atoms with van der Waals surface area (Å²) in [6.45, 7) is 4.00. The number of aromatic nitrogens is 2. The van der Waals surface area contributed by atoms with Crippen molar-refractivity contribution >= 4 is 34.5 Å². The molecule has 3 aromatic rings. The Kier molecular flexibility index (Phi) is 6.49. The SMILES string of the molecule is CC(C)CC(=O)Nc1ccc(NC(=O)Cc2csc(-c3ccccn3)n2)cc1. The predicted molar refractivity (Wildman–Crippen MR) is 112 cm³/mol. The highest BCUT2D eigenvalue weighted by molar-refractivity contribution is 7.13. The second kappa shape index (κ2) is 9.23. The third-order valence-electron chi connectivity index (χ3n) is 3.82. The summed E-state index contributed by atoms with van der Waals surface area (Å²) in [7, 11) is 0. The fourth-order valence-electron chi connectivity index (χ4n) is 2.58. The Morgan fingerprint density at radius 2 is 1.68 bits per heavy atom. The Bertz CT molecular complexity index is 937. The lowest BCUT2D eigenvalue weighted by Gasteiger charge is -2.09. The van der Waals surface area contributed by atoms with Gasteiger partial charge in [-0.05, 0) is 42.3 Å². The average molecular weight is 395 g/mol. The van der Waals surface area contributed by atoms with Gasteiger partial charge in [0.2, 0.25) is 11.8 Å². The lowest BCUT2D eigenvalue weighted by Crippen LogP contribution is -2.15. The van der Waals surface area contributed by atoms with Crippen LogP contribution >= 0.6 is 11.3 Å². The van der Waals surface area contributed by atoms with E-state index in [1.165, 1.54) is 11.3 Å². The highest BCUT2D eigenvalue weighted by Gasteiger charge is 2.10. The van der Waals surface area contributed by atoms with Crippen molar-refractivity contribution in [2.24, 2.45) is 5.92 Å². The van der Waals surface area contributed by atoms with Crippen molar-refractivity contribution in [3.05, 3.63) is 59.7 Å². The molecule has 0 fully saturated rings. The molecule has 0 unspecified atom stereocenters. The molecule has 3 rings (SSSR count). The Hall–Kier alpha value is -3.06. The molecule has 2 amide bonds. The molecule has 28 heavy (non-hydrogen) atoms. The third-order valence-corrected chi connectivity index (χ3v) is 4.74. The molecule has 0 spiro atoms. The molecule has 2 aromatic heterocycles. The average Bonchev–Trinajstić information content (AvgIpc) is 3.12. The van der Waals surface area contributed by atoms with Gasteiger partial charge in [-0.3, -0.25) is 14.6 Å². The van der Waals surface area contributed by atoms with Gasteiger partial charge in [0.25, 0.3) is 0 Å². The number of carbonyl (C=O) groups excluding carboxylic acids is 2. The molecule has 0 saturated carbocycles. The van der Waals surface area contributed by atoms with E-state index in [2.05, 4.69) is 20.6 Å². The first-order chi connectivity index (χ1) is 13.5. The van der Waals surface area contributed by atoms with Crippen molar-refractivity contribution in [1.82, 2.24) is 9.97 Å². The van der Waals surface area contributed by atoms with Crippen LogP contribution in [0.3, 0.4) is 0 Å². The summed E-state index contributed by atoms with van der Waals surface area (Å²) in [5, 5.41) is 8.36. The molecule has 0 aliphatic heterocycles. The molecule has 0 aliphatic rings. The number of thiazole rings is 1. The molecule has 0 bridgehead atoms. The predicted octanol–water partition coefficient (Wildman–Crippen LogP) is 4.37. The Morgan fingerprint density at radius 1 is 1.00 bits per heavy atom. The van der Waals surface area contributed by atoms with E-state index < -0.39 is 0 Å². The Morgan fingerprint density at radius 3 is 2.29 bits per heavy atom. The smallest absolute Gasteiger partial charge is 0.230 e. The number of benzene rings is 1. The molecule has 0 aliphatic carbocycles. The quantitative estimate of drug-likeness (QED) is 0.623. The molecule has 0 saturated heterocycles. The van der Waals surface area contributed by atoms with Gasteiger partial charge in [-0.25, -0.2) is 4.98 Å². The lowest BCUT2D eigenvalue weighted by molar-refractivity contribution is -0.117. The van der Waals surface area contributed by atoms with Crippen LogP contribution in [0.25, 0.3) is 10.7 Å². The topological polar surface area (TPSA) is 84.0 Å². The first kappa shape index (κ1) is 19.7. The van der Waals surface area contributed by atoms with Crippen molar-refractivity contribution in [2.45, 2.75) is 26.7 Å². The summed E-state index contributed by atoms with van der Waals surface area (Å²) < 4.78 is 0. The van der Waals surface area contributed by atoms with Crippen molar-refractivity contribution in [3.63, 3.8) is 0 Å². The van der Waals surface area contributed by atoms with Crippen LogP contribution in [0.5, 0.6) is 0 Å². The number of hydrogen-bond donors (Lipinski definition) is 2. The highest BCUT2D eigenvalue weighted by atomic mass is 32.1. The van der Waals surface area contributed by atoms with Crippen molar-refractivity contribution in [1.29, 1.82) is 0 Å². The largest absolute Gasteiger partial charge is 0.326 e. The number of nitrogens with zero attached hydrogens (tertiary/aromatic N) is 2. The maximum atomic E-state index is 12.3. The first-order valence-corrected chi connectivity index (χ1v) is 9.93. The normalized spacial score (nSPS) is 10.7. The van der Waals surface area contributed by atoms with E-state index in [1.54, 1.807) is 30.5 Å². The Balaban J connectivity index is 1.54. The van der Waals surface area contributed by atoms with Crippen LogP contribution in [0.4, 0.5) is 11.4 Å². The molecule has 0 radical (unpaired) electrons. The summed E-state index contributed by atoms with van der Waals surface area (Å²) in [6.07, 6.45) is 2.39. The molecule has 7 heteroatoms. The zero-order chi connectivity index (χ0) is 19.9. The Labute approximate surface area is 168 Å². The van der Waals surface area contributed by atoms with Crippen molar-refractivity contribution in [3.8, 4) is 10.7 Å². The van der Waals surface area contributed by atoms with Crippen molar-refractivity contribution in [2.75, 3.05) is 10.6 Å². The van der Waals surface area contributed by atoms with Gasteiger partial charge in [0.05, 0.1) is 17.8 Å². The van der Waals surface area contributed by atoms with E-state index in [-0.39, 0.29) is 18.2 Å². The standard InChI is InChI=1S/C21H22N4O2S/c1-14(2)11-19(26)23-15-6-8-16(9-7-15)24-20(27)12-17-13-28-21(25-17)18-5-3-4-10-22-18/h3-10,13-14H,11-12H2,1-2H3,(H,23,26)(H,24,27). The summed E-state index contributed by atoms with van der Waals surface area (Å²) in [5.41, 5.74) is 2.89. The second-order valence-corrected chi connectivity index (χ2v) is 7.67. The molecule has 1 aromatic carbocycles. The van der Waals surface area contributed by atoms with Crippen LogP contribution in [-0.2, 0) is 16.0 Å². The zero-order valence-electron chi connectivity index (χ0n) is 15.8. The molecule has 2 heterocycles. The number of hydrogen-bond acceptors (Lipinski definition) is 5. The van der Waals surface area contributed by atoms with E-state index in [9.17, 15) is 9.59 Å². The van der Waals surface area contributed by atoms with Gasteiger partial charge in [-0.15, -0.1) is 11.3 Å². The molecule has 0 atom stereocenters. The summed E-state index contributed by atoms with van der Waals surface area (Å²) in [6, 6.07) is 12.7. The number of carbonyl (C=O) groups is 2. The summed E-state index contributed by atoms with van der Waals surface area (Å²) in [4.78, 5) is 32.8. The fraction of sp³-hybridized carbons (Fsp3) is 0.238. The number of pyridine rings is 1. The molecule has 6 nitrogen and oxygen atoms in total. The van der Waals surface area contributed by atoms with Crippen LogP contribution in [0.15, 0.2) is 54.0 Å². The van der Waals surface area contributed by atoms with Gasteiger partial charge >= 0.3 is 0 Å². The first-order valence-electron chi connectivity index (χ1n) is 9.05. The van der Waals surface area contributed by atoms with E-state index in [1.807, 2.05) is 37.4 Å². The summed E-state index contributed by atoms with van der Waals surface area (Å²) >= 11 is 1.47. The second-order valence-electron chi connectivity index (χ2n) is 6.81. The summed E-state index contributed by atoms with van der Waals surface area (Å²) in [5.74, 6) is 0.149. The van der Waals surface area contributed by atoms with Crippen LogP contribution in [0.1, 0.15) is 26.0 Å². The fourth-order valence-corrected chi connectivity index (χ4v) is 3.38. The molecular formula is C21H22N4O2S. The number of anilines is 2. The van der Waals surface area contributed by atoms with Crippen LogP contribution < -0.4 is 10.6 Å².